The predicted molar refractivity (Wildman–Crippen MR) is 94.3 cm³/mol. The SMILES string of the molecule is CC/C=C\C(C)Cc1ccc(OCc2ccccc2)cc1C. The van der Waals surface area contributed by atoms with E-state index in [1.807, 2.05) is 18.2 Å². The normalized spacial score (nSPS) is 12.5. The van der Waals surface area contributed by atoms with Crippen LogP contribution in [0.25, 0.3) is 0 Å². The Morgan fingerprint density at radius 2 is 1.86 bits per heavy atom. The molecule has 2 aromatic rings. The predicted octanol–water partition coefficient (Wildman–Crippen LogP) is 5.72. The fourth-order valence-corrected chi connectivity index (χ4v) is 2.51. The van der Waals surface area contributed by atoms with Crippen molar-refractivity contribution in [3.8, 4) is 5.75 Å². The summed E-state index contributed by atoms with van der Waals surface area (Å²) < 4.78 is 5.88. The zero-order chi connectivity index (χ0) is 15.8. The lowest BCUT2D eigenvalue weighted by atomic mass is 9.97. The molecule has 116 valence electrons. The third-order valence-corrected chi connectivity index (χ3v) is 3.80. The Hall–Kier alpha value is -2.02. The van der Waals surface area contributed by atoms with E-state index < -0.39 is 0 Å². The molecule has 0 saturated heterocycles. The van der Waals surface area contributed by atoms with Gasteiger partial charge in [-0.3, -0.25) is 0 Å². The minimum absolute atomic E-state index is 0.578. The highest BCUT2D eigenvalue weighted by Crippen LogP contribution is 2.21. The van der Waals surface area contributed by atoms with Gasteiger partial charge in [0, 0.05) is 0 Å². The van der Waals surface area contributed by atoms with Crippen LogP contribution in [-0.4, -0.2) is 0 Å². The minimum Gasteiger partial charge on any atom is -0.489 e. The van der Waals surface area contributed by atoms with Gasteiger partial charge in [-0.1, -0.05) is 62.4 Å². The van der Waals surface area contributed by atoms with Crippen molar-refractivity contribution in [3.05, 3.63) is 77.4 Å². The zero-order valence-corrected chi connectivity index (χ0v) is 13.9. The summed E-state index contributed by atoms with van der Waals surface area (Å²) in [7, 11) is 0. The van der Waals surface area contributed by atoms with Crippen molar-refractivity contribution in [1.82, 2.24) is 0 Å². The summed E-state index contributed by atoms with van der Waals surface area (Å²) in [6, 6.07) is 16.7. The molecule has 0 spiro atoms. The Morgan fingerprint density at radius 3 is 2.55 bits per heavy atom. The second kappa shape index (κ2) is 8.43. The molecule has 0 saturated carbocycles. The maximum Gasteiger partial charge on any atom is 0.120 e. The van der Waals surface area contributed by atoms with Crippen LogP contribution in [0.2, 0.25) is 0 Å². The van der Waals surface area contributed by atoms with E-state index in [1.54, 1.807) is 0 Å². The average Bonchev–Trinajstić information content (AvgIpc) is 2.54. The average molecular weight is 294 g/mol. The van der Waals surface area contributed by atoms with Gasteiger partial charge < -0.3 is 4.74 Å². The zero-order valence-electron chi connectivity index (χ0n) is 13.9. The molecule has 1 nitrogen and oxygen atoms in total. The minimum atomic E-state index is 0.578. The first-order valence-electron chi connectivity index (χ1n) is 8.12. The standard InChI is InChI=1S/C21H26O/c1-4-5-9-17(2)14-20-12-13-21(15-18(20)3)22-16-19-10-7-6-8-11-19/h5-13,15,17H,4,14,16H2,1-3H3/b9-5-. The van der Waals surface area contributed by atoms with E-state index in [2.05, 4.69) is 63.3 Å². The summed E-state index contributed by atoms with van der Waals surface area (Å²) in [4.78, 5) is 0. The Morgan fingerprint density at radius 1 is 1.09 bits per heavy atom. The first-order chi connectivity index (χ1) is 10.7. The molecule has 22 heavy (non-hydrogen) atoms. The summed E-state index contributed by atoms with van der Waals surface area (Å²) in [6.07, 6.45) is 6.74. The number of ether oxygens (including phenoxy) is 1. The smallest absolute Gasteiger partial charge is 0.120 e. The van der Waals surface area contributed by atoms with Crippen LogP contribution in [0, 0.1) is 12.8 Å². The van der Waals surface area contributed by atoms with Crippen molar-refractivity contribution in [2.45, 2.75) is 40.2 Å². The Bertz CT molecular complexity index is 599. The molecule has 2 rings (SSSR count). The van der Waals surface area contributed by atoms with E-state index in [1.165, 1.54) is 16.7 Å². The van der Waals surface area contributed by atoms with Gasteiger partial charge in [0.15, 0.2) is 0 Å². The van der Waals surface area contributed by atoms with Crippen LogP contribution < -0.4 is 4.74 Å². The molecule has 0 N–H and O–H groups in total. The molecule has 0 radical (unpaired) electrons. The molecule has 1 atom stereocenters. The first kappa shape index (κ1) is 16.4. The van der Waals surface area contributed by atoms with Gasteiger partial charge in [0.05, 0.1) is 0 Å². The Balaban J connectivity index is 1.95. The van der Waals surface area contributed by atoms with Crippen molar-refractivity contribution in [1.29, 1.82) is 0 Å². The summed E-state index contributed by atoms with van der Waals surface area (Å²) in [5, 5.41) is 0. The molecule has 0 fully saturated rings. The van der Waals surface area contributed by atoms with Crippen molar-refractivity contribution in [2.75, 3.05) is 0 Å². The van der Waals surface area contributed by atoms with Crippen molar-refractivity contribution in [3.63, 3.8) is 0 Å². The molecule has 0 aliphatic rings. The van der Waals surface area contributed by atoms with Crippen LogP contribution in [0.1, 0.15) is 37.0 Å². The molecule has 0 aliphatic heterocycles. The lowest BCUT2D eigenvalue weighted by molar-refractivity contribution is 0.306. The molecule has 0 aliphatic carbocycles. The quantitative estimate of drug-likeness (QED) is 0.593. The van der Waals surface area contributed by atoms with Crippen LogP contribution in [0.3, 0.4) is 0 Å². The lowest BCUT2D eigenvalue weighted by Crippen LogP contribution is -2.00. The van der Waals surface area contributed by atoms with Gasteiger partial charge in [0.1, 0.15) is 12.4 Å². The Kier molecular flexibility index (Phi) is 6.27. The Labute approximate surface area is 134 Å². The third kappa shape index (κ3) is 5.07. The molecular weight excluding hydrogens is 268 g/mol. The topological polar surface area (TPSA) is 9.23 Å². The molecule has 0 heterocycles. The second-order valence-corrected chi connectivity index (χ2v) is 5.88. The monoisotopic (exact) mass is 294 g/mol. The van der Waals surface area contributed by atoms with Gasteiger partial charge in [0.25, 0.3) is 0 Å². The highest BCUT2D eigenvalue weighted by Gasteiger charge is 2.05. The summed E-state index contributed by atoms with van der Waals surface area (Å²) in [5.41, 5.74) is 3.91. The number of hydrogen-bond acceptors (Lipinski definition) is 1. The summed E-state index contributed by atoms with van der Waals surface area (Å²) in [5.74, 6) is 1.52. The maximum atomic E-state index is 5.88. The highest BCUT2D eigenvalue weighted by molar-refractivity contribution is 5.35. The fraction of sp³-hybridized carbons (Fsp3) is 0.333. The molecule has 2 aromatic carbocycles. The molecule has 1 heteroatoms. The maximum absolute atomic E-state index is 5.88. The largest absolute Gasteiger partial charge is 0.489 e. The van der Waals surface area contributed by atoms with Gasteiger partial charge >= 0.3 is 0 Å². The van der Waals surface area contributed by atoms with Gasteiger partial charge in [-0.15, -0.1) is 0 Å². The van der Waals surface area contributed by atoms with E-state index in [0.717, 1.165) is 18.6 Å². The lowest BCUT2D eigenvalue weighted by Gasteiger charge is -2.12. The first-order valence-corrected chi connectivity index (χ1v) is 8.12. The molecule has 1 unspecified atom stereocenters. The van der Waals surface area contributed by atoms with Gasteiger partial charge in [-0.2, -0.15) is 0 Å². The van der Waals surface area contributed by atoms with E-state index in [0.29, 0.717) is 12.5 Å². The molecule has 0 aromatic heterocycles. The number of aryl methyl sites for hydroxylation is 1. The van der Waals surface area contributed by atoms with Gasteiger partial charge in [-0.25, -0.2) is 0 Å². The number of benzene rings is 2. The molecule has 0 amide bonds. The van der Waals surface area contributed by atoms with E-state index in [-0.39, 0.29) is 0 Å². The van der Waals surface area contributed by atoms with Crippen LogP contribution in [0.15, 0.2) is 60.7 Å². The van der Waals surface area contributed by atoms with E-state index >= 15 is 0 Å². The van der Waals surface area contributed by atoms with Gasteiger partial charge in [-0.05, 0) is 54.5 Å². The third-order valence-electron chi connectivity index (χ3n) is 3.80. The van der Waals surface area contributed by atoms with Crippen molar-refractivity contribution in [2.24, 2.45) is 5.92 Å². The molecular formula is C21H26O. The van der Waals surface area contributed by atoms with E-state index in [4.69, 9.17) is 4.74 Å². The van der Waals surface area contributed by atoms with Crippen LogP contribution in [-0.2, 0) is 13.0 Å². The second-order valence-electron chi connectivity index (χ2n) is 5.88. The van der Waals surface area contributed by atoms with Crippen LogP contribution in [0.5, 0.6) is 5.75 Å². The van der Waals surface area contributed by atoms with Gasteiger partial charge in [0.2, 0.25) is 0 Å². The van der Waals surface area contributed by atoms with Crippen molar-refractivity contribution >= 4 is 0 Å². The van der Waals surface area contributed by atoms with Crippen LogP contribution >= 0.6 is 0 Å². The number of allylic oxidation sites excluding steroid dienone is 2. The van der Waals surface area contributed by atoms with Crippen molar-refractivity contribution < 1.29 is 4.74 Å². The number of hydrogen-bond donors (Lipinski definition) is 0. The number of rotatable bonds is 7. The highest BCUT2D eigenvalue weighted by atomic mass is 16.5. The van der Waals surface area contributed by atoms with Crippen LogP contribution in [0.4, 0.5) is 0 Å². The summed E-state index contributed by atoms with van der Waals surface area (Å²) in [6.45, 7) is 7.23. The molecule has 0 bridgehead atoms. The summed E-state index contributed by atoms with van der Waals surface area (Å²) >= 11 is 0. The van der Waals surface area contributed by atoms with E-state index in [9.17, 15) is 0 Å². The fourth-order valence-electron chi connectivity index (χ4n) is 2.51.